The Bertz CT molecular complexity index is 635. The first-order valence-electron chi connectivity index (χ1n) is 10.2. The lowest BCUT2D eigenvalue weighted by atomic mass is 9.47. The number of rotatable bonds is 7. The summed E-state index contributed by atoms with van der Waals surface area (Å²) >= 11 is 3.91. The molecule has 164 valence electrons. The Morgan fingerprint density at radius 1 is 1.10 bits per heavy atom. The van der Waals surface area contributed by atoms with Gasteiger partial charge in [0.15, 0.2) is 0 Å². The molecule has 0 bridgehead atoms. The molecule has 2 heterocycles. The van der Waals surface area contributed by atoms with Crippen LogP contribution in [0.3, 0.4) is 0 Å². The third kappa shape index (κ3) is 3.68. The van der Waals surface area contributed by atoms with Gasteiger partial charge in [0.25, 0.3) is 0 Å². The Kier molecular flexibility index (Phi) is 6.60. The Morgan fingerprint density at radius 2 is 1.79 bits per heavy atom. The van der Waals surface area contributed by atoms with Crippen LogP contribution < -0.4 is 0 Å². The Hall–Kier alpha value is -0.250. The monoisotopic (exact) mass is 444 g/mol. The molecule has 2 saturated heterocycles. The summed E-state index contributed by atoms with van der Waals surface area (Å²) in [5.74, 6) is 2.26. The van der Waals surface area contributed by atoms with Crippen molar-refractivity contribution in [3.05, 3.63) is 12.2 Å². The van der Waals surface area contributed by atoms with E-state index in [-0.39, 0.29) is 54.9 Å². The van der Waals surface area contributed by atoms with E-state index < -0.39 is 5.41 Å². The molecule has 1 spiro atoms. The van der Waals surface area contributed by atoms with Gasteiger partial charge in [-0.1, -0.05) is 26.0 Å². The van der Waals surface area contributed by atoms with Gasteiger partial charge < -0.3 is 23.7 Å². The fourth-order valence-electron chi connectivity index (χ4n) is 6.00. The van der Waals surface area contributed by atoms with Gasteiger partial charge in [0.05, 0.1) is 28.1 Å². The van der Waals surface area contributed by atoms with E-state index in [1.54, 1.807) is 14.2 Å². The zero-order valence-corrected chi connectivity index (χ0v) is 19.3. The van der Waals surface area contributed by atoms with E-state index in [1.165, 1.54) is 0 Å². The number of carbonyl (C=O) groups excluding carboxylic acids is 1. The van der Waals surface area contributed by atoms with Gasteiger partial charge in [-0.3, -0.25) is 4.79 Å². The molecular formula is C21H32O6S2. The minimum absolute atomic E-state index is 0.0605. The number of ether oxygens (including phenoxy) is 5. The maximum absolute atomic E-state index is 13.1. The first kappa shape index (κ1) is 22.0. The predicted molar refractivity (Wildman–Crippen MR) is 114 cm³/mol. The topological polar surface area (TPSA) is 63.2 Å². The number of thioether (sulfide) groups is 2. The van der Waals surface area contributed by atoms with Gasteiger partial charge in [0.2, 0.25) is 0 Å². The minimum Gasteiger partial charge on any atom is -0.465 e. The van der Waals surface area contributed by atoms with Crippen LogP contribution in [0, 0.1) is 28.6 Å². The van der Waals surface area contributed by atoms with Gasteiger partial charge in [-0.25, -0.2) is 0 Å². The molecule has 0 amide bonds. The number of hydrogen-bond donors (Lipinski definition) is 0. The molecule has 6 atom stereocenters. The van der Waals surface area contributed by atoms with Crippen LogP contribution in [0.4, 0.5) is 0 Å². The molecular weight excluding hydrogens is 412 g/mol. The minimum atomic E-state index is -0.459. The van der Waals surface area contributed by atoms with Gasteiger partial charge in [-0.05, 0) is 17.8 Å². The Labute approximate surface area is 181 Å². The summed E-state index contributed by atoms with van der Waals surface area (Å²) in [6.45, 7) is 5.25. The van der Waals surface area contributed by atoms with E-state index in [1.807, 2.05) is 23.5 Å². The van der Waals surface area contributed by atoms with Gasteiger partial charge in [-0.2, -0.15) is 0 Å². The van der Waals surface area contributed by atoms with Gasteiger partial charge >= 0.3 is 5.97 Å². The van der Waals surface area contributed by atoms with Crippen LogP contribution >= 0.6 is 23.5 Å². The number of esters is 1. The van der Waals surface area contributed by atoms with Crippen LogP contribution in [0.25, 0.3) is 0 Å². The molecule has 4 rings (SSSR count). The van der Waals surface area contributed by atoms with Crippen LogP contribution in [-0.2, 0) is 28.5 Å². The maximum atomic E-state index is 13.1. The second-order valence-electron chi connectivity index (χ2n) is 9.05. The molecule has 0 aromatic heterocycles. The highest BCUT2D eigenvalue weighted by Crippen LogP contribution is 2.64. The SMILES string of the molecule is COCO[C@H]1CC(C)(C)[C@H]2C=C[C@@H](C3SCCS3)[C@H]3C(=O)OC[C@]32[C@H]1OCOC. The number of allylic oxidation sites excluding steroid dienone is 2. The molecule has 2 aliphatic heterocycles. The summed E-state index contributed by atoms with van der Waals surface area (Å²) < 4.78 is 29.1. The number of hydrogen-bond acceptors (Lipinski definition) is 8. The van der Waals surface area contributed by atoms with Crippen molar-refractivity contribution in [3.8, 4) is 0 Å². The predicted octanol–water partition coefficient (Wildman–Crippen LogP) is 3.16. The van der Waals surface area contributed by atoms with Gasteiger partial charge in [0, 0.05) is 31.6 Å². The summed E-state index contributed by atoms with van der Waals surface area (Å²) in [6, 6.07) is 0. The van der Waals surface area contributed by atoms with E-state index in [0.717, 1.165) is 17.9 Å². The quantitative estimate of drug-likeness (QED) is 0.337. The van der Waals surface area contributed by atoms with Crippen LogP contribution in [0.1, 0.15) is 20.3 Å². The molecule has 0 N–H and O–H groups in total. The molecule has 0 radical (unpaired) electrons. The van der Waals surface area contributed by atoms with E-state index in [2.05, 4.69) is 26.0 Å². The zero-order valence-electron chi connectivity index (χ0n) is 17.6. The highest BCUT2D eigenvalue weighted by molar-refractivity contribution is 8.20. The number of cyclic esters (lactones) is 1. The van der Waals surface area contributed by atoms with Crippen molar-refractivity contribution in [1.82, 2.24) is 0 Å². The zero-order chi connectivity index (χ0) is 20.6. The molecule has 3 fully saturated rings. The Balaban J connectivity index is 1.78. The lowest BCUT2D eigenvalue weighted by molar-refractivity contribution is -0.248. The van der Waals surface area contributed by atoms with Gasteiger partial charge in [-0.15, -0.1) is 23.5 Å². The fourth-order valence-corrected chi connectivity index (χ4v) is 9.14. The van der Waals surface area contributed by atoms with E-state index in [9.17, 15) is 4.79 Å². The van der Waals surface area contributed by atoms with Crippen molar-refractivity contribution in [3.63, 3.8) is 0 Å². The molecule has 4 aliphatic rings. The summed E-state index contributed by atoms with van der Waals surface area (Å²) in [6.07, 6.45) is 4.97. The summed E-state index contributed by atoms with van der Waals surface area (Å²) in [7, 11) is 3.25. The normalized spacial score (nSPS) is 41.2. The lowest BCUT2D eigenvalue weighted by Crippen LogP contribution is -2.65. The summed E-state index contributed by atoms with van der Waals surface area (Å²) in [5, 5.41) is 0. The highest BCUT2D eigenvalue weighted by Gasteiger charge is 2.70. The van der Waals surface area contributed by atoms with Crippen LogP contribution in [0.5, 0.6) is 0 Å². The molecule has 0 aromatic rings. The lowest BCUT2D eigenvalue weighted by Gasteiger charge is -2.59. The van der Waals surface area contributed by atoms with Gasteiger partial charge in [0.1, 0.15) is 20.2 Å². The van der Waals surface area contributed by atoms with Crippen LogP contribution in [0.2, 0.25) is 0 Å². The average molecular weight is 445 g/mol. The average Bonchev–Trinajstić information content (AvgIpc) is 3.34. The molecule has 1 saturated carbocycles. The van der Waals surface area contributed by atoms with Crippen molar-refractivity contribution in [2.45, 2.75) is 37.1 Å². The first-order chi connectivity index (χ1) is 14.0. The third-order valence-electron chi connectivity index (χ3n) is 6.95. The largest absolute Gasteiger partial charge is 0.465 e. The second kappa shape index (κ2) is 8.71. The number of methoxy groups -OCH3 is 2. The maximum Gasteiger partial charge on any atom is 0.310 e. The van der Waals surface area contributed by atoms with Crippen molar-refractivity contribution in [2.75, 3.05) is 45.9 Å². The van der Waals surface area contributed by atoms with E-state index in [0.29, 0.717) is 11.2 Å². The first-order valence-corrected chi connectivity index (χ1v) is 12.3. The van der Waals surface area contributed by atoms with Crippen molar-refractivity contribution in [2.24, 2.45) is 28.6 Å². The summed E-state index contributed by atoms with van der Waals surface area (Å²) in [5.41, 5.74) is -0.520. The standard InChI is InChI=1S/C21H32O6S2/c1-20(2)9-14(26-11-23-3)17(27-12-24-4)21-10-25-18(22)16(21)13(5-6-15(20)21)19-28-7-8-29-19/h5-6,13-17,19H,7-12H2,1-4H3/t13-,14+,15-,16+,17+,21-/m1/s1. The van der Waals surface area contributed by atoms with E-state index in [4.69, 9.17) is 23.7 Å². The Morgan fingerprint density at radius 3 is 2.48 bits per heavy atom. The highest BCUT2D eigenvalue weighted by atomic mass is 32.2. The summed E-state index contributed by atoms with van der Waals surface area (Å²) in [4.78, 5) is 13.1. The molecule has 8 heteroatoms. The van der Waals surface area contributed by atoms with Crippen molar-refractivity contribution >= 4 is 29.5 Å². The molecule has 0 aromatic carbocycles. The van der Waals surface area contributed by atoms with Crippen LogP contribution in [0.15, 0.2) is 12.2 Å². The van der Waals surface area contributed by atoms with Crippen molar-refractivity contribution < 1.29 is 28.5 Å². The number of carbonyl (C=O) groups is 1. The smallest absolute Gasteiger partial charge is 0.310 e. The van der Waals surface area contributed by atoms with Crippen LogP contribution in [-0.4, -0.2) is 68.7 Å². The fraction of sp³-hybridized carbons (Fsp3) is 0.857. The van der Waals surface area contributed by atoms with E-state index >= 15 is 0 Å². The molecule has 6 nitrogen and oxygen atoms in total. The molecule has 2 aliphatic carbocycles. The molecule has 29 heavy (non-hydrogen) atoms. The van der Waals surface area contributed by atoms with Crippen molar-refractivity contribution in [1.29, 1.82) is 0 Å². The third-order valence-corrected chi connectivity index (χ3v) is 10.2. The second-order valence-corrected chi connectivity index (χ2v) is 11.8. The molecule has 0 unspecified atom stereocenters.